The summed E-state index contributed by atoms with van der Waals surface area (Å²) in [5.41, 5.74) is 11.0. The van der Waals surface area contributed by atoms with E-state index in [9.17, 15) is 0 Å². The molecule has 0 fully saturated rings. The molecule has 0 aliphatic carbocycles. The summed E-state index contributed by atoms with van der Waals surface area (Å²) in [6.45, 7) is 0. The fourth-order valence-electron chi connectivity index (χ4n) is 9.46. The molecule has 10 aromatic carbocycles. The number of aromatic nitrogens is 1. The first-order chi connectivity index (χ1) is 29.6. The monoisotopic (exact) mass is 784 g/mol. The van der Waals surface area contributed by atoms with E-state index in [1.165, 1.54) is 21.5 Å². The van der Waals surface area contributed by atoms with Crippen LogP contribution in [0.4, 0.5) is 17.1 Å². The third-order valence-corrected chi connectivity index (χ3v) is 15.5. The lowest BCUT2D eigenvalue weighted by Gasteiger charge is -2.26. The Hall–Kier alpha value is -7.45. The van der Waals surface area contributed by atoms with E-state index in [0.717, 1.165) is 82.7 Å². The van der Waals surface area contributed by atoms with Gasteiger partial charge in [0.15, 0.2) is 7.14 Å². The molecular formula is C56H37N2OP. The second kappa shape index (κ2) is 13.6. The molecule has 60 heavy (non-hydrogen) atoms. The molecule has 282 valence electrons. The Balaban J connectivity index is 0.940. The standard InChI is InChI=1S/C56H37N2OP/c59-60(48-16-2-1-3-17-48)55-21-11-9-19-50(55)52-36-54-51(37-56(52)60)49-18-8-10-20-53(49)58(54)45-30-24-41(25-31-45)40-22-28-44(29-23-40)57(46-32-26-38-12-4-6-14-42(38)34-46)47-33-27-39-13-5-7-15-43(39)35-47/h1-37H. The summed E-state index contributed by atoms with van der Waals surface area (Å²) >= 11 is 0. The summed E-state index contributed by atoms with van der Waals surface area (Å²) < 4.78 is 17.7. The lowest BCUT2D eigenvalue weighted by molar-refractivity contribution is 0.593. The van der Waals surface area contributed by atoms with Crippen molar-refractivity contribution >= 4 is 83.5 Å². The summed E-state index contributed by atoms with van der Waals surface area (Å²) in [5, 5.41) is 9.84. The number of hydrogen-bond acceptors (Lipinski definition) is 2. The number of nitrogens with zero attached hydrogens (tertiary/aromatic N) is 2. The van der Waals surface area contributed by atoms with Crippen LogP contribution in [0.5, 0.6) is 0 Å². The van der Waals surface area contributed by atoms with Gasteiger partial charge in [0, 0.05) is 49.4 Å². The smallest absolute Gasteiger partial charge is 0.172 e. The topological polar surface area (TPSA) is 25.2 Å². The zero-order valence-corrected chi connectivity index (χ0v) is 33.5. The van der Waals surface area contributed by atoms with E-state index in [1.54, 1.807) is 0 Å². The molecule has 12 rings (SSSR count). The van der Waals surface area contributed by atoms with Crippen molar-refractivity contribution in [3.8, 4) is 27.9 Å². The van der Waals surface area contributed by atoms with Crippen molar-refractivity contribution in [1.29, 1.82) is 0 Å². The van der Waals surface area contributed by atoms with Crippen LogP contribution in [0.25, 0.3) is 71.3 Å². The van der Waals surface area contributed by atoms with Crippen LogP contribution in [0, 0.1) is 0 Å². The molecule has 0 spiro atoms. The number of rotatable bonds is 6. The molecule has 1 aliphatic rings. The summed E-state index contributed by atoms with van der Waals surface area (Å²) in [6, 6.07) is 79.6. The minimum Gasteiger partial charge on any atom is -0.310 e. The third kappa shape index (κ3) is 5.33. The van der Waals surface area contributed by atoms with Crippen molar-refractivity contribution in [2.75, 3.05) is 4.90 Å². The highest BCUT2D eigenvalue weighted by Gasteiger charge is 2.40. The van der Waals surface area contributed by atoms with Crippen LogP contribution in [0.3, 0.4) is 0 Å². The molecule has 0 saturated carbocycles. The first kappa shape index (κ1) is 34.6. The summed E-state index contributed by atoms with van der Waals surface area (Å²) in [7, 11) is -3.07. The molecule has 4 heteroatoms. The van der Waals surface area contributed by atoms with Gasteiger partial charge in [-0.15, -0.1) is 0 Å². The second-order valence-electron chi connectivity index (χ2n) is 15.7. The fourth-order valence-corrected chi connectivity index (χ4v) is 12.5. The van der Waals surface area contributed by atoms with Gasteiger partial charge in [-0.1, -0.05) is 158 Å². The number of para-hydroxylation sites is 1. The average molecular weight is 785 g/mol. The van der Waals surface area contributed by atoms with E-state index in [4.69, 9.17) is 0 Å². The van der Waals surface area contributed by atoms with Crippen LogP contribution in [0.2, 0.25) is 0 Å². The highest BCUT2D eigenvalue weighted by molar-refractivity contribution is 7.86. The molecule has 3 nitrogen and oxygen atoms in total. The van der Waals surface area contributed by atoms with E-state index < -0.39 is 7.14 Å². The molecule has 1 aliphatic heterocycles. The Morgan fingerprint density at radius 2 is 0.917 bits per heavy atom. The molecule has 0 radical (unpaired) electrons. The van der Waals surface area contributed by atoms with Crippen LogP contribution < -0.4 is 20.8 Å². The van der Waals surface area contributed by atoms with Gasteiger partial charge in [0.2, 0.25) is 0 Å². The van der Waals surface area contributed by atoms with Gasteiger partial charge in [0.25, 0.3) is 0 Å². The maximum Gasteiger partial charge on any atom is 0.172 e. The van der Waals surface area contributed by atoms with Gasteiger partial charge in [-0.05, 0) is 111 Å². The van der Waals surface area contributed by atoms with Gasteiger partial charge in [-0.25, -0.2) is 0 Å². The van der Waals surface area contributed by atoms with Crippen molar-refractivity contribution in [2.45, 2.75) is 0 Å². The molecule has 0 saturated heterocycles. The number of hydrogen-bond donors (Lipinski definition) is 0. The first-order valence-electron chi connectivity index (χ1n) is 20.4. The SMILES string of the molecule is O=P1(c2ccccc2)c2ccccc2-c2cc3c(cc21)c1ccccc1n3-c1ccc(-c2ccc(N(c3ccc4ccccc4c3)c3ccc4ccccc4c3)cc2)cc1. The molecule has 1 atom stereocenters. The summed E-state index contributed by atoms with van der Waals surface area (Å²) in [6.07, 6.45) is 0. The quantitative estimate of drug-likeness (QED) is 0.157. The fraction of sp³-hybridized carbons (Fsp3) is 0. The summed E-state index contributed by atoms with van der Waals surface area (Å²) in [4.78, 5) is 2.35. The Bertz CT molecular complexity index is 3440. The van der Waals surface area contributed by atoms with Gasteiger partial charge in [-0.3, -0.25) is 0 Å². The predicted octanol–water partition coefficient (Wildman–Crippen LogP) is 13.8. The normalized spacial score (nSPS) is 14.5. The number of fused-ring (bicyclic) bond motifs is 8. The van der Waals surface area contributed by atoms with Gasteiger partial charge in [0.1, 0.15) is 0 Å². The summed E-state index contributed by atoms with van der Waals surface area (Å²) in [5.74, 6) is 0. The highest BCUT2D eigenvalue weighted by atomic mass is 31.2. The lowest BCUT2D eigenvalue weighted by Crippen LogP contribution is -2.20. The molecule has 2 heterocycles. The molecule has 1 unspecified atom stereocenters. The van der Waals surface area contributed by atoms with E-state index >= 15 is 4.57 Å². The zero-order valence-electron chi connectivity index (χ0n) is 32.6. The van der Waals surface area contributed by atoms with E-state index in [-0.39, 0.29) is 0 Å². The highest BCUT2D eigenvalue weighted by Crippen LogP contribution is 2.53. The molecule has 0 N–H and O–H groups in total. The lowest BCUT2D eigenvalue weighted by atomic mass is 10.0. The van der Waals surface area contributed by atoms with Gasteiger partial charge >= 0.3 is 0 Å². The van der Waals surface area contributed by atoms with Crippen LogP contribution in [0.15, 0.2) is 224 Å². The van der Waals surface area contributed by atoms with Crippen molar-refractivity contribution in [3.63, 3.8) is 0 Å². The average Bonchev–Trinajstić information content (AvgIpc) is 3.78. The molecule has 11 aromatic rings. The molecule has 1 aromatic heterocycles. The van der Waals surface area contributed by atoms with Crippen molar-refractivity contribution in [3.05, 3.63) is 224 Å². The van der Waals surface area contributed by atoms with Gasteiger partial charge in [-0.2, -0.15) is 0 Å². The zero-order chi connectivity index (χ0) is 39.8. The first-order valence-corrected chi connectivity index (χ1v) is 22.1. The van der Waals surface area contributed by atoms with Crippen molar-refractivity contribution in [1.82, 2.24) is 4.57 Å². The van der Waals surface area contributed by atoms with E-state index in [2.05, 4.69) is 198 Å². The maximum atomic E-state index is 15.4. The van der Waals surface area contributed by atoms with Gasteiger partial charge < -0.3 is 14.0 Å². The number of anilines is 3. The molecular weight excluding hydrogens is 748 g/mol. The molecule has 0 bridgehead atoms. The number of benzene rings is 10. The minimum atomic E-state index is -3.07. The van der Waals surface area contributed by atoms with Gasteiger partial charge in [0.05, 0.1) is 11.0 Å². The van der Waals surface area contributed by atoms with Crippen LogP contribution in [-0.2, 0) is 4.57 Å². The van der Waals surface area contributed by atoms with Crippen molar-refractivity contribution < 1.29 is 4.57 Å². The van der Waals surface area contributed by atoms with Crippen molar-refractivity contribution in [2.24, 2.45) is 0 Å². The Labute approximate surface area is 348 Å². The maximum absolute atomic E-state index is 15.4. The Kier molecular flexibility index (Phi) is 7.82. The Morgan fingerprint density at radius 1 is 0.367 bits per heavy atom. The second-order valence-corrected chi connectivity index (χ2v) is 18.4. The third-order valence-electron chi connectivity index (χ3n) is 12.3. The van der Waals surface area contributed by atoms with Crippen LogP contribution >= 0.6 is 7.14 Å². The van der Waals surface area contributed by atoms with Crippen LogP contribution in [-0.4, -0.2) is 4.57 Å². The van der Waals surface area contributed by atoms with E-state index in [1.807, 2.05) is 36.4 Å². The predicted molar refractivity (Wildman–Crippen MR) is 254 cm³/mol. The molecule has 0 amide bonds. The minimum absolute atomic E-state index is 0.873. The van der Waals surface area contributed by atoms with E-state index in [0.29, 0.717) is 0 Å². The largest absolute Gasteiger partial charge is 0.310 e. The van der Waals surface area contributed by atoms with Crippen LogP contribution in [0.1, 0.15) is 0 Å². The Morgan fingerprint density at radius 3 is 1.60 bits per heavy atom.